The lowest BCUT2D eigenvalue weighted by atomic mass is 10.1. The maximum atomic E-state index is 11.6. The van der Waals surface area contributed by atoms with Crippen molar-refractivity contribution in [2.45, 2.75) is 39.7 Å². The minimum Gasteiger partial charge on any atom is -0.493 e. The highest BCUT2D eigenvalue weighted by atomic mass is 32.2. The Kier molecular flexibility index (Phi) is 7.14. The third kappa shape index (κ3) is 7.40. The molecule has 1 atom stereocenters. The quantitative estimate of drug-likeness (QED) is 0.496. The SMILES string of the molecule is CN=C(NCC1(CS(C)(=O)=O)CC1)NC(C)c1ccc(OCC(C)C)cc1. The molecule has 2 rings (SSSR count). The van der Waals surface area contributed by atoms with Crippen LogP contribution in [0.4, 0.5) is 0 Å². The first kappa shape index (κ1) is 21.5. The Morgan fingerprint density at radius 3 is 2.33 bits per heavy atom. The molecule has 1 aromatic rings. The number of benzene rings is 1. The first-order valence-corrected chi connectivity index (χ1v) is 11.6. The van der Waals surface area contributed by atoms with Gasteiger partial charge in [0.15, 0.2) is 5.96 Å². The van der Waals surface area contributed by atoms with Crippen LogP contribution in [-0.2, 0) is 9.84 Å². The zero-order chi connectivity index (χ0) is 20.1. The van der Waals surface area contributed by atoms with E-state index >= 15 is 0 Å². The molecule has 7 heteroatoms. The molecule has 0 bridgehead atoms. The van der Waals surface area contributed by atoms with E-state index in [1.165, 1.54) is 6.26 Å². The molecular weight excluding hydrogens is 362 g/mol. The van der Waals surface area contributed by atoms with E-state index in [0.717, 1.165) is 24.2 Å². The molecule has 0 aliphatic heterocycles. The summed E-state index contributed by atoms with van der Waals surface area (Å²) in [6, 6.07) is 8.13. The Balaban J connectivity index is 1.87. The average Bonchev–Trinajstić information content (AvgIpc) is 3.34. The second-order valence-corrected chi connectivity index (χ2v) is 10.3. The number of sulfone groups is 1. The van der Waals surface area contributed by atoms with Crippen LogP contribution in [0, 0.1) is 11.3 Å². The van der Waals surface area contributed by atoms with Gasteiger partial charge < -0.3 is 15.4 Å². The summed E-state index contributed by atoms with van der Waals surface area (Å²) < 4.78 is 28.9. The van der Waals surface area contributed by atoms with Crippen molar-refractivity contribution < 1.29 is 13.2 Å². The lowest BCUT2D eigenvalue weighted by Gasteiger charge is -2.21. The summed E-state index contributed by atoms with van der Waals surface area (Å²) in [7, 11) is -1.24. The molecule has 1 aliphatic rings. The fourth-order valence-electron chi connectivity index (χ4n) is 2.97. The van der Waals surface area contributed by atoms with E-state index in [-0.39, 0.29) is 17.2 Å². The summed E-state index contributed by atoms with van der Waals surface area (Å²) >= 11 is 0. The van der Waals surface area contributed by atoms with Crippen LogP contribution in [0.1, 0.15) is 45.2 Å². The van der Waals surface area contributed by atoms with E-state index in [1.807, 2.05) is 24.3 Å². The van der Waals surface area contributed by atoms with Gasteiger partial charge in [-0.05, 0) is 43.4 Å². The summed E-state index contributed by atoms with van der Waals surface area (Å²) in [6.07, 6.45) is 3.19. The van der Waals surface area contributed by atoms with Gasteiger partial charge in [-0.3, -0.25) is 4.99 Å². The fourth-order valence-corrected chi connectivity index (χ4v) is 4.48. The predicted molar refractivity (Wildman–Crippen MR) is 111 cm³/mol. The van der Waals surface area contributed by atoms with Crippen LogP contribution in [0.2, 0.25) is 0 Å². The Hall–Kier alpha value is -1.76. The summed E-state index contributed by atoms with van der Waals surface area (Å²) in [5, 5.41) is 6.65. The first-order valence-electron chi connectivity index (χ1n) is 9.50. The van der Waals surface area contributed by atoms with Crippen LogP contribution < -0.4 is 15.4 Å². The molecule has 0 amide bonds. The maximum absolute atomic E-state index is 11.6. The molecule has 1 saturated carbocycles. The minimum atomic E-state index is -2.97. The zero-order valence-corrected chi connectivity index (χ0v) is 17.9. The first-order chi connectivity index (χ1) is 12.6. The Labute approximate surface area is 163 Å². The van der Waals surface area contributed by atoms with Crippen molar-refractivity contribution in [1.29, 1.82) is 0 Å². The largest absolute Gasteiger partial charge is 0.493 e. The van der Waals surface area contributed by atoms with Crippen molar-refractivity contribution >= 4 is 15.8 Å². The molecule has 2 N–H and O–H groups in total. The van der Waals surface area contributed by atoms with E-state index in [1.54, 1.807) is 7.05 Å². The molecule has 27 heavy (non-hydrogen) atoms. The number of nitrogens with zero attached hydrogens (tertiary/aromatic N) is 1. The van der Waals surface area contributed by atoms with Crippen molar-refractivity contribution in [2.75, 3.05) is 32.2 Å². The van der Waals surface area contributed by atoms with E-state index in [4.69, 9.17) is 4.74 Å². The van der Waals surface area contributed by atoms with Crippen LogP contribution in [0.15, 0.2) is 29.3 Å². The predicted octanol–water partition coefficient (Wildman–Crippen LogP) is 2.77. The van der Waals surface area contributed by atoms with Crippen LogP contribution >= 0.6 is 0 Å². The monoisotopic (exact) mass is 395 g/mol. The number of ether oxygens (including phenoxy) is 1. The molecule has 0 saturated heterocycles. The number of hydrogen-bond donors (Lipinski definition) is 2. The average molecular weight is 396 g/mol. The topological polar surface area (TPSA) is 79.8 Å². The molecule has 0 heterocycles. The van der Waals surface area contributed by atoms with Gasteiger partial charge in [-0.1, -0.05) is 26.0 Å². The van der Waals surface area contributed by atoms with Gasteiger partial charge >= 0.3 is 0 Å². The van der Waals surface area contributed by atoms with Crippen LogP contribution in [0.3, 0.4) is 0 Å². The van der Waals surface area contributed by atoms with Gasteiger partial charge in [0.25, 0.3) is 0 Å². The van der Waals surface area contributed by atoms with Gasteiger partial charge in [-0.15, -0.1) is 0 Å². The summed E-state index contributed by atoms with van der Waals surface area (Å²) in [5.41, 5.74) is 0.997. The van der Waals surface area contributed by atoms with Gasteiger partial charge in [0, 0.05) is 25.3 Å². The van der Waals surface area contributed by atoms with Crippen molar-refractivity contribution in [1.82, 2.24) is 10.6 Å². The molecule has 6 nitrogen and oxygen atoms in total. The molecule has 1 unspecified atom stereocenters. The molecule has 1 fully saturated rings. The standard InChI is InChI=1S/C20H33N3O3S/c1-15(2)12-26-18-8-6-17(7-9-18)16(3)23-19(21-4)22-13-20(10-11-20)14-27(5,24)25/h6-9,15-16H,10-14H2,1-5H3,(H2,21,22,23). The smallest absolute Gasteiger partial charge is 0.191 e. The van der Waals surface area contributed by atoms with Crippen molar-refractivity contribution in [3.63, 3.8) is 0 Å². The van der Waals surface area contributed by atoms with Crippen molar-refractivity contribution in [3.05, 3.63) is 29.8 Å². The second-order valence-electron chi connectivity index (χ2n) is 8.14. The minimum absolute atomic E-state index is 0.0698. The van der Waals surface area contributed by atoms with E-state index in [2.05, 4.69) is 36.4 Å². The normalized spacial score (nSPS) is 17.5. The van der Waals surface area contributed by atoms with E-state index < -0.39 is 9.84 Å². The van der Waals surface area contributed by atoms with Gasteiger partial charge in [-0.25, -0.2) is 8.42 Å². The molecule has 1 aliphatic carbocycles. The highest BCUT2D eigenvalue weighted by molar-refractivity contribution is 7.90. The maximum Gasteiger partial charge on any atom is 0.191 e. The number of rotatable bonds is 9. The third-order valence-electron chi connectivity index (χ3n) is 4.70. The van der Waals surface area contributed by atoms with Crippen molar-refractivity contribution in [2.24, 2.45) is 16.3 Å². The highest BCUT2D eigenvalue weighted by Gasteiger charge is 2.45. The van der Waals surface area contributed by atoms with Crippen LogP contribution in [0.5, 0.6) is 5.75 Å². The Bertz CT molecular complexity index is 738. The summed E-state index contributed by atoms with van der Waals surface area (Å²) in [5.74, 6) is 2.29. The molecular formula is C20H33N3O3S. The molecule has 0 spiro atoms. The summed E-state index contributed by atoms with van der Waals surface area (Å²) in [4.78, 5) is 4.27. The van der Waals surface area contributed by atoms with Gasteiger partial charge in [0.05, 0.1) is 18.4 Å². The molecule has 152 valence electrons. The van der Waals surface area contributed by atoms with Gasteiger partial charge in [-0.2, -0.15) is 0 Å². The molecule has 0 radical (unpaired) electrons. The van der Waals surface area contributed by atoms with Crippen LogP contribution in [-0.4, -0.2) is 46.6 Å². The number of hydrogen-bond acceptors (Lipinski definition) is 4. The number of guanidine groups is 1. The van der Waals surface area contributed by atoms with Gasteiger partial charge in [0.2, 0.25) is 0 Å². The van der Waals surface area contributed by atoms with Crippen molar-refractivity contribution in [3.8, 4) is 5.75 Å². The Morgan fingerprint density at radius 2 is 1.85 bits per heavy atom. The number of aliphatic imine (C=N–C) groups is 1. The lowest BCUT2D eigenvalue weighted by molar-refractivity contribution is 0.271. The van der Waals surface area contributed by atoms with E-state index in [0.29, 0.717) is 25.0 Å². The second kappa shape index (κ2) is 8.95. The zero-order valence-electron chi connectivity index (χ0n) is 17.1. The Morgan fingerprint density at radius 1 is 1.22 bits per heavy atom. The molecule has 1 aromatic carbocycles. The van der Waals surface area contributed by atoms with E-state index in [9.17, 15) is 8.42 Å². The lowest BCUT2D eigenvalue weighted by Crippen LogP contribution is -2.42. The third-order valence-corrected chi connectivity index (χ3v) is 5.83. The van der Waals surface area contributed by atoms with Crippen LogP contribution in [0.25, 0.3) is 0 Å². The highest BCUT2D eigenvalue weighted by Crippen LogP contribution is 2.46. The fraction of sp³-hybridized carbons (Fsp3) is 0.650. The number of nitrogens with one attached hydrogen (secondary N) is 2. The van der Waals surface area contributed by atoms with Gasteiger partial charge in [0.1, 0.15) is 15.6 Å². The summed E-state index contributed by atoms with van der Waals surface area (Å²) in [6.45, 7) is 7.65. The molecule has 0 aromatic heterocycles.